The van der Waals surface area contributed by atoms with Gasteiger partial charge in [-0.05, 0) is 71.1 Å². The molecule has 5 atom stereocenters. The Balaban J connectivity index is -0.000000980. The Hall–Kier alpha value is -3.60. The number of halogens is 6. The summed E-state index contributed by atoms with van der Waals surface area (Å²) in [6.45, 7) is 9.65. The number of aliphatic hydroxyl groups is 5. The van der Waals surface area contributed by atoms with Gasteiger partial charge in [-0.3, -0.25) is 19.2 Å². The van der Waals surface area contributed by atoms with E-state index >= 15 is 0 Å². The minimum Gasteiger partial charge on any atom is -0.466 e. The van der Waals surface area contributed by atoms with Gasteiger partial charge in [-0.2, -0.15) is 43.2 Å². The summed E-state index contributed by atoms with van der Waals surface area (Å²) < 4.78 is 155. The Labute approximate surface area is 427 Å². The number of cyclic esters (lactones) is 2. The van der Waals surface area contributed by atoms with Crippen molar-refractivity contribution in [2.75, 3.05) is 99.8 Å². The number of hydrogen-bond acceptors (Lipinski definition) is 23. The molecule has 23 nitrogen and oxygen atoms in total. The van der Waals surface area contributed by atoms with Crippen molar-refractivity contribution >= 4 is 44.1 Å². The third-order valence-electron chi connectivity index (χ3n) is 8.76. The summed E-state index contributed by atoms with van der Waals surface area (Å²) in [6, 6.07) is 0. The molecule has 3 fully saturated rings. The minimum absolute atomic E-state index is 0.0230. The number of ether oxygens (including phenoxy) is 8. The van der Waals surface area contributed by atoms with Gasteiger partial charge in [0.1, 0.15) is 24.9 Å². The highest BCUT2D eigenvalue weighted by atomic mass is 32.2. The van der Waals surface area contributed by atoms with Gasteiger partial charge in [0.15, 0.2) is 6.79 Å². The third kappa shape index (κ3) is 41.6. The summed E-state index contributed by atoms with van der Waals surface area (Å²) in [6.07, 6.45) is 10.1. The van der Waals surface area contributed by atoms with Gasteiger partial charge in [-0.25, -0.2) is 8.37 Å². The number of alkyl halides is 6. The van der Waals surface area contributed by atoms with Crippen molar-refractivity contribution in [3.05, 3.63) is 25.3 Å². The third-order valence-corrected chi connectivity index (χ3v) is 10.7. The van der Waals surface area contributed by atoms with Crippen LogP contribution in [0.25, 0.3) is 0 Å². The number of unbranched alkanes of at least 4 members (excludes halogenated alkanes) is 1. The molecule has 0 radical (unpaired) electrons. The fraction of sp³-hybridized carbons (Fsp3) is 0.814. The summed E-state index contributed by atoms with van der Waals surface area (Å²) >= 11 is 0. The summed E-state index contributed by atoms with van der Waals surface area (Å²) in [4.78, 5) is 44.9. The number of carbonyl (C=O) groups is 4. The molecule has 74 heavy (non-hydrogen) atoms. The van der Waals surface area contributed by atoms with E-state index in [4.69, 9.17) is 43.7 Å². The molecule has 3 aliphatic heterocycles. The predicted octanol–water partition coefficient (Wildman–Crippen LogP) is 2.89. The van der Waals surface area contributed by atoms with Gasteiger partial charge >= 0.3 is 55.1 Å². The Morgan fingerprint density at radius 3 is 1.86 bits per heavy atom. The van der Waals surface area contributed by atoms with E-state index < -0.39 is 56.2 Å². The molecule has 3 saturated heterocycles. The lowest BCUT2D eigenvalue weighted by atomic mass is 9.98. The monoisotopic (exact) mass is 1140 g/mol. The van der Waals surface area contributed by atoms with Gasteiger partial charge < -0.3 is 63.4 Å². The summed E-state index contributed by atoms with van der Waals surface area (Å²) in [5.41, 5.74) is -11.8. The Morgan fingerprint density at radius 1 is 0.824 bits per heavy atom. The van der Waals surface area contributed by atoms with Gasteiger partial charge in [0, 0.05) is 33.2 Å². The van der Waals surface area contributed by atoms with Gasteiger partial charge in [0.25, 0.3) is 0 Å². The van der Waals surface area contributed by atoms with Crippen LogP contribution in [0.5, 0.6) is 0 Å². The number of carbonyl (C=O) groups excluding carboxylic acids is 4. The normalized spacial score (nSPS) is 17.5. The van der Waals surface area contributed by atoms with Gasteiger partial charge in [0.05, 0.1) is 77.9 Å². The minimum atomic E-state index is -6.22. The quantitative estimate of drug-likeness (QED) is 0.00827. The molecule has 0 amide bonds. The zero-order valence-electron chi connectivity index (χ0n) is 41.5. The number of allylic oxidation sites excluding steroid dienone is 2. The maximum Gasteiger partial charge on any atom is 0.523 e. The molecule has 5 unspecified atom stereocenters. The Bertz CT molecular complexity index is 1670. The molecular weight excluding hydrogens is 1060 g/mol. The first kappa shape index (κ1) is 74.6. The van der Waals surface area contributed by atoms with Gasteiger partial charge in [0.2, 0.25) is 0 Å². The lowest BCUT2D eigenvalue weighted by Crippen LogP contribution is -2.31. The van der Waals surface area contributed by atoms with Crippen molar-refractivity contribution in [1.29, 1.82) is 0 Å². The van der Waals surface area contributed by atoms with E-state index in [-0.39, 0.29) is 95.1 Å². The highest BCUT2D eigenvalue weighted by Gasteiger charge is 2.50. The number of esters is 4. The van der Waals surface area contributed by atoms with Crippen molar-refractivity contribution < 1.29 is 134 Å². The van der Waals surface area contributed by atoms with Crippen LogP contribution in [0, 0.1) is 11.8 Å². The van der Waals surface area contributed by atoms with Crippen molar-refractivity contribution in [3.8, 4) is 0 Å². The second-order valence-corrected chi connectivity index (χ2v) is 18.3. The van der Waals surface area contributed by atoms with E-state index in [9.17, 15) is 72.6 Å². The largest absolute Gasteiger partial charge is 0.523 e. The first-order chi connectivity index (χ1) is 34.8. The summed E-state index contributed by atoms with van der Waals surface area (Å²) in [5.74, 6) is -1.10. The molecule has 0 saturated carbocycles. The average Bonchev–Trinajstić information content (AvgIpc) is 4.18. The first-order valence-electron chi connectivity index (χ1n) is 23.0. The molecule has 31 heteroatoms. The van der Waals surface area contributed by atoms with Crippen LogP contribution < -0.4 is 0 Å². The summed E-state index contributed by atoms with van der Waals surface area (Å²) in [5, 5.41) is 43.6. The molecule has 0 aromatic carbocycles. The number of rotatable bonds is 29. The first-order valence-corrected chi connectivity index (χ1v) is 25.8. The van der Waals surface area contributed by atoms with Crippen molar-refractivity contribution in [1.82, 2.24) is 0 Å². The van der Waals surface area contributed by atoms with Crippen LogP contribution in [0.2, 0.25) is 0 Å². The number of aliphatic hydroxyl groups excluding tert-OH is 5. The van der Waals surface area contributed by atoms with Crippen molar-refractivity contribution in [3.63, 3.8) is 0 Å². The van der Waals surface area contributed by atoms with Crippen molar-refractivity contribution in [2.24, 2.45) is 11.8 Å². The topological polar surface area (TPSA) is 333 Å². The molecule has 0 aromatic rings. The highest BCUT2D eigenvalue weighted by molar-refractivity contribution is 7.88. The fourth-order valence-electron chi connectivity index (χ4n) is 4.84. The molecule has 0 aliphatic carbocycles. The SMILES string of the molecule is C=CCC(CCCO)C(=O)OCCCCC(=O)OCC(O)COC(CO)COCCOC.C=CCC1CCCOC1=O.CCO.O=C1CCCCO1.O=S(=O)(OCOS(=O)(=O)C(F)(F)F)C(F)(F)F.OCC1CO1. The van der Waals surface area contributed by atoms with Crippen LogP contribution in [-0.2, 0) is 85.7 Å². The van der Waals surface area contributed by atoms with Gasteiger partial charge in [-0.1, -0.05) is 12.2 Å². The molecule has 3 rings (SSSR count). The molecule has 3 heterocycles. The smallest absolute Gasteiger partial charge is 0.466 e. The van der Waals surface area contributed by atoms with Crippen LogP contribution in [0.15, 0.2) is 25.3 Å². The summed E-state index contributed by atoms with van der Waals surface area (Å²) in [7, 11) is -10.9. The Morgan fingerprint density at radius 2 is 1.43 bits per heavy atom. The van der Waals surface area contributed by atoms with E-state index in [1.165, 1.54) is 0 Å². The number of hydrogen-bond donors (Lipinski definition) is 5. The molecule has 0 spiro atoms. The van der Waals surface area contributed by atoms with Crippen LogP contribution in [-0.4, -0.2) is 195 Å². The number of methoxy groups -OCH3 is 1. The maximum absolute atomic E-state index is 12.0. The average molecular weight is 1140 g/mol. The van der Waals surface area contributed by atoms with Crippen LogP contribution >= 0.6 is 0 Å². The van der Waals surface area contributed by atoms with Crippen molar-refractivity contribution in [2.45, 2.75) is 113 Å². The predicted molar refractivity (Wildman–Crippen MR) is 246 cm³/mol. The van der Waals surface area contributed by atoms with E-state index in [2.05, 4.69) is 31.0 Å². The zero-order valence-corrected chi connectivity index (χ0v) is 43.1. The lowest BCUT2D eigenvalue weighted by Gasteiger charge is -2.18. The second-order valence-electron chi connectivity index (χ2n) is 15.1. The maximum atomic E-state index is 12.0. The van der Waals surface area contributed by atoms with Crippen LogP contribution in [0.4, 0.5) is 26.3 Å². The molecule has 438 valence electrons. The number of epoxide rings is 1. The molecule has 0 aromatic heterocycles. The van der Waals surface area contributed by atoms with E-state index in [1.54, 1.807) is 26.2 Å². The van der Waals surface area contributed by atoms with Crippen LogP contribution in [0.1, 0.15) is 84.0 Å². The molecular formula is C43H74F6O23S2. The van der Waals surface area contributed by atoms with Crippen LogP contribution in [0.3, 0.4) is 0 Å². The standard InChI is InChI=1S/C22H40O10.C8H12O2.C5H8O2.C3H2F6O6S2.C3H6O2.C2H6O/c1-3-7-18(8-6-10-23)22(27)30-11-5-4-9-21(26)32-16-19(25)15-31-20(14-24)17-29-13-12-28-2;1-2-4-7-5-3-6-10-8(7)9;6-5-3-1-2-4-7-5;4-2(5,6)16(10,11)14-1-15-17(12,13)3(7,8)9;4-1-3-2-5-3;1-2-3/h3,18-20,23-25H,1,4-17H2,2H3;2,7H,1,3-6H2;1-4H2;1H2;3-4H,1-2H2;3H,2H2,1H3. The molecule has 0 bridgehead atoms. The zero-order chi connectivity index (χ0) is 57.1. The van der Waals surface area contributed by atoms with E-state index in [1.807, 2.05) is 0 Å². The van der Waals surface area contributed by atoms with E-state index in [0.717, 1.165) is 38.7 Å². The second kappa shape index (κ2) is 44.5. The highest BCUT2D eigenvalue weighted by Crippen LogP contribution is 2.27. The van der Waals surface area contributed by atoms with Gasteiger partial charge in [-0.15, -0.1) is 13.2 Å². The lowest BCUT2D eigenvalue weighted by molar-refractivity contribution is -0.153. The fourth-order valence-corrected chi connectivity index (χ4v) is 5.51. The molecule has 5 N–H and O–H groups in total. The molecule has 3 aliphatic rings. The Kier molecular flexibility index (Phi) is 44.9. The van der Waals surface area contributed by atoms with E-state index in [0.29, 0.717) is 65.0 Å².